The lowest BCUT2D eigenvalue weighted by Gasteiger charge is -2.36. The Bertz CT molecular complexity index is 466. The average Bonchev–Trinajstić information content (AvgIpc) is 2.55. The van der Waals surface area contributed by atoms with Crippen molar-refractivity contribution in [3.05, 3.63) is 23.4 Å². The number of nitrogens with zero attached hydrogens (tertiary/aromatic N) is 3. The predicted molar refractivity (Wildman–Crippen MR) is 88.9 cm³/mol. The van der Waals surface area contributed by atoms with Gasteiger partial charge in [0.25, 0.3) is 0 Å². The minimum absolute atomic E-state index is 0.589. The van der Waals surface area contributed by atoms with Gasteiger partial charge < -0.3 is 4.90 Å². The van der Waals surface area contributed by atoms with Crippen molar-refractivity contribution in [1.29, 1.82) is 0 Å². The predicted octanol–water partition coefficient (Wildman–Crippen LogP) is 3.93. The maximum absolute atomic E-state index is 4.81. The third-order valence-electron chi connectivity index (χ3n) is 5.20. The van der Waals surface area contributed by atoms with E-state index >= 15 is 0 Å². The second-order valence-corrected chi connectivity index (χ2v) is 6.59. The molecule has 116 valence electrons. The summed E-state index contributed by atoms with van der Waals surface area (Å²) >= 11 is 0. The van der Waals surface area contributed by atoms with E-state index in [4.69, 9.17) is 4.98 Å². The van der Waals surface area contributed by atoms with Gasteiger partial charge in [-0.05, 0) is 69.3 Å². The number of piperidine rings is 2. The van der Waals surface area contributed by atoms with Crippen molar-refractivity contribution in [2.45, 2.75) is 58.4 Å². The van der Waals surface area contributed by atoms with Gasteiger partial charge in [-0.1, -0.05) is 13.3 Å². The summed E-state index contributed by atoms with van der Waals surface area (Å²) < 4.78 is 0. The SMILES string of the molecule is CCN1CCCC[C@@H]1c1cnc(N2CCCCC2)cc1C. The van der Waals surface area contributed by atoms with E-state index < -0.39 is 0 Å². The zero-order valence-electron chi connectivity index (χ0n) is 13.6. The van der Waals surface area contributed by atoms with Crippen molar-refractivity contribution in [3.63, 3.8) is 0 Å². The number of aromatic nitrogens is 1. The molecule has 21 heavy (non-hydrogen) atoms. The molecule has 3 heterocycles. The first-order valence-corrected chi connectivity index (χ1v) is 8.75. The van der Waals surface area contributed by atoms with Gasteiger partial charge in [-0.25, -0.2) is 4.98 Å². The molecule has 2 fully saturated rings. The maximum atomic E-state index is 4.81. The van der Waals surface area contributed by atoms with Crippen LogP contribution in [0.5, 0.6) is 0 Å². The molecule has 3 rings (SSSR count). The van der Waals surface area contributed by atoms with E-state index in [0.717, 1.165) is 6.54 Å². The molecule has 0 radical (unpaired) electrons. The third kappa shape index (κ3) is 3.23. The largest absolute Gasteiger partial charge is 0.357 e. The minimum Gasteiger partial charge on any atom is -0.357 e. The molecule has 0 aliphatic carbocycles. The summed E-state index contributed by atoms with van der Waals surface area (Å²) in [5.74, 6) is 1.19. The lowest BCUT2D eigenvalue weighted by molar-refractivity contribution is 0.156. The second-order valence-electron chi connectivity index (χ2n) is 6.59. The highest BCUT2D eigenvalue weighted by Gasteiger charge is 2.24. The van der Waals surface area contributed by atoms with Gasteiger partial charge in [-0.3, -0.25) is 4.90 Å². The van der Waals surface area contributed by atoms with Crippen molar-refractivity contribution < 1.29 is 0 Å². The number of hydrogen-bond acceptors (Lipinski definition) is 3. The van der Waals surface area contributed by atoms with Crippen molar-refractivity contribution in [2.75, 3.05) is 31.1 Å². The Kier molecular flexibility index (Phi) is 4.79. The number of hydrogen-bond donors (Lipinski definition) is 0. The molecule has 1 aromatic rings. The van der Waals surface area contributed by atoms with Crippen molar-refractivity contribution in [1.82, 2.24) is 9.88 Å². The Hall–Kier alpha value is -1.09. The Balaban J connectivity index is 1.80. The lowest BCUT2D eigenvalue weighted by Crippen LogP contribution is -2.34. The second kappa shape index (κ2) is 6.78. The zero-order valence-corrected chi connectivity index (χ0v) is 13.6. The van der Waals surface area contributed by atoms with E-state index in [2.05, 4.69) is 35.9 Å². The van der Waals surface area contributed by atoms with Crippen LogP contribution in [-0.4, -0.2) is 36.1 Å². The van der Waals surface area contributed by atoms with Gasteiger partial charge in [0, 0.05) is 25.3 Å². The minimum atomic E-state index is 0.589. The standard InChI is InChI=1S/C18H29N3/c1-3-20-10-8-5-9-17(20)16-14-19-18(13-15(16)2)21-11-6-4-7-12-21/h13-14,17H,3-12H2,1-2H3/t17-/m1/s1. The Morgan fingerprint density at radius 1 is 1.10 bits per heavy atom. The molecule has 3 nitrogen and oxygen atoms in total. The van der Waals surface area contributed by atoms with Crippen LogP contribution in [0, 0.1) is 6.92 Å². The van der Waals surface area contributed by atoms with Crippen LogP contribution in [0.25, 0.3) is 0 Å². The summed E-state index contributed by atoms with van der Waals surface area (Å²) in [5.41, 5.74) is 2.88. The van der Waals surface area contributed by atoms with Gasteiger partial charge in [-0.15, -0.1) is 0 Å². The monoisotopic (exact) mass is 287 g/mol. The van der Waals surface area contributed by atoms with Crippen molar-refractivity contribution >= 4 is 5.82 Å². The van der Waals surface area contributed by atoms with Gasteiger partial charge in [0.2, 0.25) is 0 Å². The fraction of sp³-hybridized carbons (Fsp3) is 0.722. The first kappa shape index (κ1) is 14.8. The molecule has 0 amide bonds. The smallest absolute Gasteiger partial charge is 0.128 e. The summed E-state index contributed by atoms with van der Waals surface area (Å²) in [5, 5.41) is 0. The molecule has 0 unspecified atom stereocenters. The Morgan fingerprint density at radius 3 is 2.57 bits per heavy atom. The molecule has 1 atom stereocenters. The molecule has 0 spiro atoms. The first-order valence-electron chi connectivity index (χ1n) is 8.75. The van der Waals surface area contributed by atoms with Gasteiger partial charge in [-0.2, -0.15) is 0 Å². The molecule has 0 aromatic carbocycles. The van der Waals surface area contributed by atoms with Crippen LogP contribution >= 0.6 is 0 Å². The summed E-state index contributed by atoms with van der Waals surface area (Å²) in [6, 6.07) is 2.91. The van der Waals surface area contributed by atoms with Crippen LogP contribution in [0.1, 0.15) is 62.6 Å². The van der Waals surface area contributed by atoms with Gasteiger partial charge >= 0.3 is 0 Å². The molecule has 2 saturated heterocycles. The number of aryl methyl sites for hydroxylation is 1. The highest BCUT2D eigenvalue weighted by atomic mass is 15.2. The van der Waals surface area contributed by atoms with E-state index in [0.29, 0.717) is 6.04 Å². The van der Waals surface area contributed by atoms with Crippen LogP contribution in [-0.2, 0) is 0 Å². The fourth-order valence-corrected chi connectivity index (χ4v) is 3.92. The van der Waals surface area contributed by atoms with Gasteiger partial charge in [0.1, 0.15) is 5.82 Å². The highest BCUT2D eigenvalue weighted by Crippen LogP contribution is 2.33. The molecule has 0 N–H and O–H groups in total. The van der Waals surface area contributed by atoms with Crippen molar-refractivity contribution in [3.8, 4) is 0 Å². The lowest BCUT2D eigenvalue weighted by atomic mass is 9.93. The first-order chi connectivity index (χ1) is 10.3. The number of anilines is 1. The average molecular weight is 287 g/mol. The molecule has 1 aromatic heterocycles. The van der Waals surface area contributed by atoms with E-state index in [9.17, 15) is 0 Å². The Labute approximate surface area is 129 Å². The quantitative estimate of drug-likeness (QED) is 0.840. The van der Waals surface area contributed by atoms with E-state index in [1.54, 1.807) is 0 Å². The summed E-state index contributed by atoms with van der Waals surface area (Å²) in [7, 11) is 0. The molecule has 3 heteroatoms. The summed E-state index contributed by atoms with van der Waals surface area (Å²) in [6.07, 6.45) is 10.2. The van der Waals surface area contributed by atoms with Gasteiger partial charge in [0.05, 0.1) is 0 Å². The normalized spacial score (nSPS) is 24.3. The maximum Gasteiger partial charge on any atom is 0.128 e. The third-order valence-corrected chi connectivity index (χ3v) is 5.20. The zero-order chi connectivity index (χ0) is 14.7. The number of likely N-dealkylation sites (tertiary alicyclic amines) is 1. The summed E-state index contributed by atoms with van der Waals surface area (Å²) in [6.45, 7) is 9.30. The van der Waals surface area contributed by atoms with Crippen LogP contribution in [0.4, 0.5) is 5.82 Å². The summed E-state index contributed by atoms with van der Waals surface area (Å²) in [4.78, 5) is 9.88. The number of pyridine rings is 1. The highest BCUT2D eigenvalue weighted by molar-refractivity contribution is 5.44. The topological polar surface area (TPSA) is 19.4 Å². The molecule has 2 aliphatic heterocycles. The molecule has 0 bridgehead atoms. The van der Waals surface area contributed by atoms with E-state index in [1.807, 2.05) is 0 Å². The van der Waals surface area contributed by atoms with Crippen LogP contribution in [0.3, 0.4) is 0 Å². The molecule has 0 saturated carbocycles. The fourth-order valence-electron chi connectivity index (χ4n) is 3.92. The molecular weight excluding hydrogens is 258 g/mol. The van der Waals surface area contributed by atoms with Crippen LogP contribution < -0.4 is 4.90 Å². The van der Waals surface area contributed by atoms with Crippen LogP contribution in [0.15, 0.2) is 12.3 Å². The van der Waals surface area contributed by atoms with E-state index in [1.165, 1.54) is 75.1 Å². The molecule has 2 aliphatic rings. The van der Waals surface area contributed by atoms with Crippen molar-refractivity contribution in [2.24, 2.45) is 0 Å². The molecular formula is C18H29N3. The van der Waals surface area contributed by atoms with Crippen LogP contribution in [0.2, 0.25) is 0 Å². The number of rotatable bonds is 3. The van der Waals surface area contributed by atoms with E-state index in [-0.39, 0.29) is 0 Å². The Morgan fingerprint density at radius 2 is 1.86 bits per heavy atom. The van der Waals surface area contributed by atoms with Gasteiger partial charge in [0.15, 0.2) is 0 Å².